The van der Waals surface area contributed by atoms with E-state index in [0.29, 0.717) is 6.04 Å². The van der Waals surface area contributed by atoms with Crippen LogP contribution in [0.5, 0.6) is 0 Å². The smallest absolute Gasteiger partial charge is 0.0320 e. The van der Waals surface area contributed by atoms with Crippen LogP contribution in [0.2, 0.25) is 0 Å². The van der Waals surface area contributed by atoms with E-state index in [0.717, 1.165) is 22.9 Å². The van der Waals surface area contributed by atoms with Crippen LogP contribution in [0.15, 0.2) is 28.7 Å². The average Bonchev–Trinajstić information content (AvgIpc) is 2.39. The van der Waals surface area contributed by atoms with Crippen molar-refractivity contribution in [2.24, 2.45) is 5.92 Å². The minimum absolute atomic E-state index is 0.511. The SMILES string of the molecule is CCC(NC1CCC(C)CC1)c1ccc(Br)cc1. The summed E-state index contributed by atoms with van der Waals surface area (Å²) >= 11 is 3.50. The van der Waals surface area contributed by atoms with Gasteiger partial charge in [-0.2, -0.15) is 0 Å². The number of hydrogen-bond acceptors (Lipinski definition) is 1. The number of halogens is 1. The molecule has 0 aliphatic heterocycles. The molecule has 2 heteroatoms. The van der Waals surface area contributed by atoms with E-state index in [-0.39, 0.29) is 0 Å². The minimum atomic E-state index is 0.511. The predicted octanol–water partition coefficient (Wildman–Crippen LogP) is 5.07. The first-order chi connectivity index (χ1) is 8.69. The molecule has 100 valence electrons. The summed E-state index contributed by atoms with van der Waals surface area (Å²) in [5.74, 6) is 0.927. The van der Waals surface area contributed by atoms with E-state index in [4.69, 9.17) is 0 Å². The summed E-state index contributed by atoms with van der Waals surface area (Å²) in [6.07, 6.45) is 6.61. The van der Waals surface area contributed by atoms with Crippen molar-refractivity contribution < 1.29 is 0 Å². The Bertz CT molecular complexity index is 352. The van der Waals surface area contributed by atoms with Crippen molar-refractivity contribution in [3.05, 3.63) is 34.3 Å². The Balaban J connectivity index is 1.94. The van der Waals surface area contributed by atoms with E-state index in [1.54, 1.807) is 0 Å². The highest BCUT2D eigenvalue weighted by molar-refractivity contribution is 9.10. The highest BCUT2D eigenvalue weighted by atomic mass is 79.9. The topological polar surface area (TPSA) is 12.0 Å². The number of nitrogens with one attached hydrogen (secondary N) is 1. The van der Waals surface area contributed by atoms with E-state index in [9.17, 15) is 0 Å². The standard InChI is InChI=1S/C16H24BrN/c1-3-16(13-6-8-14(17)9-7-13)18-15-10-4-12(2)5-11-15/h6-9,12,15-16,18H,3-5,10-11H2,1-2H3. The van der Waals surface area contributed by atoms with Crippen LogP contribution in [0.1, 0.15) is 57.6 Å². The normalized spacial score (nSPS) is 25.9. The van der Waals surface area contributed by atoms with Crippen molar-refractivity contribution in [2.75, 3.05) is 0 Å². The minimum Gasteiger partial charge on any atom is -0.307 e. The Morgan fingerprint density at radius 1 is 1.17 bits per heavy atom. The van der Waals surface area contributed by atoms with E-state index in [2.05, 4.69) is 59.4 Å². The van der Waals surface area contributed by atoms with E-state index >= 15 is 0 Å². The lowest BCUT2D eigenvalue weighted by Gasteiger charge is -2.31. The van der Waals surface area contributed by atoms with Crippen molar-refractivity contribution in [1.29, 1.82) is 0 Å². The van der Waals surface area contributed by atoms with Crippen LogP contribution in [-0.4, -0.2) is 6.04 Å². The molecule has 1 aromatic carbocycles. The zero-order valence-electron chi connectivity index (χ0n) is 11.5. The van der Waals surface area contributed by atoms with Gasteiger partial charge in [0.1, 0.15) is 0 Å². The zero-order valence-corrected chi connectivity index (χ0v) is 13.0. The molecule has 18 heavy (non-hydrogen) atoms. The van der Waals surface area contributed by atoms with Gasteiger partial charge in [0.2, 0.25) is 0 Å². The third-order valence-corrected chi connectivity index (χ3v) is 4.66. The molecule has 1 nitrogen and oxygen atoms in total. The van der Waals surface area contributed by atoms with Gasteiger partial charge in [-0.1, -0.05) is 41.9 Å². The Morgan fingerprint density at radius 2 is 1.78 bits per heavy atom. The van der Waals surface area contributed by atoms with Gasteiger partial charge in [0.15, 0.2) is 0 Å². The molecule has 1 fully saturated rings. The maximum Gasteiger partial charge on any atom is 0.0320 e. The predicted molar refractivity (Wildman–Crippen MR) is 81.7 cm³/mol. The largest absolute Gasteiger partial charge is 0.307 e. The number of hydrogen-bond donors (Lipinski definition) is 1. The lowest BCUT2D eigenvalue weighted by molar-refractivity contribution is 0.284. The van der Waals surface area contributed by atoms with Crippen molar-refractivity contribution in [3.63, 3.8) is 0 Å². The second-order valence-corrected chi connectivity index (χ2v) is 6.55. The summed E-state index contributed by atoms with van der Waals surface area (Å²) in [7, 11) is 0. The Hall–Kier alpha value is -0.340. The monoisotopic (exact) mass is 309 g/mol. The van der Waals surface area contributed by atoms with Crippen molar-refractivity contribution in [3.8, 4) is 0 Å². The quantitative estimate of drug-likeness (QED) is 0.819. The van der Waals surface area contributed by atoms with Gasteiger partial charge in [-0.05, 0) is 55.7 Å². The highest BCUT2D eigenvalue weighted by Crippen LogP contribution is 2.27. The van der Waals surface area contributed by atoms with Crippen LogP contribution < -0.4 is 5.32 Å². The van der Waals surface area contributed by atoms with E-state index in [1.165, 1.54) is 31.2 Å². The van der Waals surface area contributed by atoms with Crippen LogP contribution in [0.25, 0.3) is 0 Å². The summed E-state index contributed by atoms with van der Waals surface area (Å²) in [6.45, 7) is 4.65. The van der Waals surface area contributed by atoms with Gasteiger partial charge in [0, 0.05) is 16.6 Å². The first-order valence-electron chi connectivity index (χ1n) is 7.20. The first-order valence-corrected chi connectivity index (χ1v) is 8.00. The molecule has 0 saturated heterocycles. The number of rotatable bonds is 4. The molecule has 1 N–H and O–H groups in total. The summed E-state index contributed by atoms with van der Waals surface area (Å²) < 4.78 is 1.16. The molecule has 0 radical (unpaired) electrons. The van der Waals surface area contributed by atoms with Crippen molar-refractivity contribution in [2.45, 2.75) is 58.0 Å². The molecule has 2 rings (SSSR count). The molecular weight excluding hydrogens is 286 g/mol. The molecule has 0 heterocycles. The molecule has 0 amide bonds. The average molecular weight is 310 g/mol. The molecule has 1 aliphatic carbocycles. The van der Waals surface area contributed by atoms with Gasteiger partial charge in [0.25, 0.3) is 0 Å². The third kappa shape index (κ3) is 3.83. The molecule has 0 aromatic heterocycles. The fourth-order valence-electron chi connectivity index (χ4n) is 2.86. The lowest BCUT2D eigenvalue weighted by atomic mass is 9.86. The fourth-order valence-corrected chi connectivity index (χ4v) is 3.12. The molecular formula is C16H24BrN. The molecule has 1 aromatic rings. The van der Waals surface area contributed by atoms with Crippen molar-refractivity contribution >= 4 is 15.9 Å². The van der Waals surface area contributed by atoms with Gasteiger partial charge in [-0.25, -0.2) is 0 Å². The summed E-state index contributed by atoms with van der Waals surface area (Å²) in [6, 6.07) is 9.98. The van der Waals surface area contributed by atoms with Crippen LogP contribution in [0.3, 0.4) is 0 Å². The Morgan fingerprint density at radius 3 is 2.33 bits per heavy atom. The Labute approximate surface area is 119 Å². The molecule has 1 aliphatic rings. The molecule has 0 spiro atoms. The van der Waals surface area contributed by atoms with Gasteiger partial charge < -0.3 is 5.32 Å². The van der Waals surface area contributed by atoms with Gasteiger partial charge >= 0.3 is 0 Å². The van der Waals surface area contributed by atoms with Crippen LogP contribution in [-0.2, 0) is 0 Å². The molecule has 0 bridgehead atoms. The second kappa shape index (κ2) is 6.72. The number of benzene rings is 1. The highest BCUT2D eigenvalue weighted by Gasteiger charge is 2.20. The first kappa shape index (κ1) is 14.1. The fraction of sp³-hybridized carbons (Fsp3) is 0.625. The maximum absolute atomic E-state index is 3.85. The van der Waals surface area contributed by atoms with E-state index in [1.807, 2.05) is 0 Å². The van der Waals surface area contributed by atoms with Crippen LogP contribution in [0, 0.1) is 5.92 Å². The summed E-state index contributed by atoms with van der Waals surface area (Å²) in [5, 5.41) is 3.85. The summed E-state index contributed by atoms with van der Waals surface area (Å²) in [5.41, 5.74) is 1.42. The lowest BCUT2D eigenvalue weighted by Crippen LogP contribution is -2.35. The molecule has 1 saturated carbocycles. The Kier molecular flexibility index (Phi) is 5.25. The van der Waals surface area contributed by atoms with Crippen LogP contribution >= 0.6 is 15.9 Å². The van der Waals surface area contributed by atoms with Crippen LogP contribution in [0.4, 0.5) is 0 Å². The third-order valence-electron chi connectivity index (χ3n) is 4.13. The van der Waals surface area contributed by atoms with Gasteiger partial charge in [0.05, 0.1) is 0 Å². The van der Waals surface area contributed by atoms with Gasteiger partial charge in [-0.15, -0.1) is 0 Å². The molecule has 1 unspecified atom stereocenters. The van der Waals surface area contributed by atoms with Gasteiger partial charge in [-0.3, -0.25) is 0 Å². The summed E-state index contributed by atoms with van der Waals surface area (Å²) in [4.78, 5) is 0. The molecule has 1 atom stereocenters. The van der Waals surface area contributed by atoms with E-state index < -0.39 is 0 Å². The zero-order chi connectivity index (χ0) is 13.0. The maximum atomic E-state index is 3.85. The van der Waals surface area contributed by atoms with Crippen molar-refractivity contribution in [1.82, 2.24) is 5.32 Å². The second-order valence-electron chi connectivity index (χ2n) is 5.64.